The lowest BCUT2D eigenvalue weighted by Gasteiger charge is -2.45. The Kier molecular flexibility index (Phi) is 4.17. The van der Waals surface area contributed by atoms with Crippen molar-refractivity contribution < 1.29 is 4.74 Å². The monoisotopic (exact) mass is 295 g/mol. The van der Waals surface area contributed by atoms with Crippen molar-refractivity contribution in [1.29, 1.82) is 0 Å². The van der Waals surface area contributed by atoms with Crippen LogP contribution in [-0.2, 0) is 4.74 Å². The van der Waals surface area contributed by atoms with Gasteiger partial charge >= 0.3 is 0 Å². The maximum Gasteiger partial charge on any atom is 0.0663 e. The second-order valence-corrected chi connectivity index (χ2v) is 6.06. The molecular weight excluding hydrogens is 274 g/mol. The molecule has 0 bridgehead atoms. The van der Waals surface area contributed by atoms with E-state index in [9.17, 15) is 0 Å². The number of nitrogens with zero attached hydrogens (tertiary/aromatic N) is 2. The molecule has 3 rings (SSSR count). The molecule has 1 aromatic carbocycles. The van der Waals surface area contributed by atoms with Gasteiger partial charge < -0.3 is 15.4 Å². The summed E-state index contributed by atoms with van der Waals surface area (Å²) in [5.74, 6) is 0. The second kappa shape index (κ2) is 5.90. The predicted octanol–water partition coefficient (Wildman–Crippen LogP) is 1.58. The molecule has 0 aliphatic carbocycles. The smallest absolute Gasteiger partial charge is 0.0663 e. The average Bonchev–Trinajstić information content (AvgIpc) is 2.98. The number of halogens is 1. The number of hydrogen-bond acceptors (Lipinski definition) is 4. The normalized spacial score (nSPS) is 28.0. The number of para-hydroxylation sites is 1. The van der Waals surface area contributed by atoms with Gasteiger partial charge in [0.15, 0.2) is 0 Å². The van der Waals surface area contributed by atoms with Gasteiger partial charge in [-0.3, -0.25) is 4.90 Å². The third-order valence-electron chi connectivity index (χ3n) is 4.61. The van der Waals surface area contributed by atoms with E-state index in [0.29, 0.717) is 6.54 Å². The largest absolute Gasteiger partial charge is 0.379 e. The van der Waals surface area contributed by atoms with Gasteiger partial charge in [0.05, 0.1) is 22.9 Å². The molecule has 0 saturated carbocycles. The van der Waals surface area contributed by atoms with Crippen molar-refractivity contribution in [2.45, 2.75) is 12.0 Å². The Morgan fingerprint density at radius 3 is 2.55 bits per heavy atom. The van der Waals surface area contributed by atoms with Gasteiger partial charge in [-0.1, -0.05) is 23.7 Å². The minimum atomic E-state index is 0.0621. The summed E-state index contributed by atoms with van der Waals surface area (Å²) in [6.07, 6.45) is 1.05. The van der Waals surface area contributed by atoms with Crippen LogP contribution >= 0.6 is 11.6 Å². The molecule has 2 fully saturated rings. The van der Waals surface area contributed by atoms with Crippen molar-refractivity contribution in [3.63, 3.8) is 0 Å². The Hall–Kier alpha value is -0.810. The molecule has 2 heterocycles. The first-order valence-corrected chi connectivity index (χ1v) is 7.65. The fourth-order valence-electron chi connectivity index (χ4n) is 3.27. The molecule has 2 saturated heterocycles. The Balaban J connectivity index is 1.66. The molecule has 2 aliphatic rings. The van der Waals surface area contributed by atoms with Crippen LogP contribution < -0.4 is 10.6 Å². The van der Waals surface area contributed by atoms with Gasteiger partial charge in [0, 0.05) is 39.3 Å². The maximum absolute atomic E-state index is 6.28. The number of nitrogens with two attached hydrogens (primary N) is 1. The van der Waals surface area contributed by atoms with Crippen LogP contribution in [0, 0.1) is 0 Å². The van der Waals surface area contributed by atoms with E-state index in [1.54, 1.807) is 0 Å². The minimum Gasteiger partial charge on any atom is -0.379 e. The van der Waals surface area contributed by atoms with Crippen LogP contribution in [0.1, 0.15) is 6.42 Å². The Bertz CT molecular complexity index is 454. The molecular formula is C15H22ClN3O. The number of ether oxygens (including phenoxy) is 1. The fraction of sp³-hybridized carbons (Fsp3) is 0.600. The molecule has 1 atom stereocenters. The molecule has 0 radical (unpaired) electrons. The van der Waals surface area contributed by atoms with Gasteiger partial charge in [0.2, 0.25) is 0 Å². The van der Waals surface area contributed by atoms with E-state index < -0.39 is 0 Å². The van der Waals surface area contributed by atoms with Crippen LogP contribution in [0.15, 0.2) is 24.3 Å². The van der Waals surface area contributed by atoms with Crippen LogP contribution in [-0.4, -0.2) is 56.4 Å². The van der Waals surface area contributed by atoms with E-state index in [-0.39, 0.29) is 5.54 Å². The fourth-order valence-corrected chi connectivity index (χ4v) is 3.52. The summed E-state index contributed by atoms with van der Waals surface area (Å²) in [7, 11) is 0. The van der Waals surface area contributed by atoms with Crippen molar-refractivity contribution >= 4 is 17.3 Å². The lowest BCUT2D eigenvalue weighted by Crippen LogP contribution is -2.60. The molecule has 110 valence electrons. The van der Waals surface area contributed by atoms with Crippen molar-refractivity contribution in [3.8, 4) is 0 Å². The number of hydrogen-bond donors (Lipinski definition) is 1. The molecule has 20 heavy (non-hydrogen) atoms. The highest BCUT2D eigenvalue weighted by Crippen LogP contribution is 2.30. The van der Waals surface area contributed by atoms with Crippen molar-refractivity contribution in [3.05, 3.63) is 29.3 Å². The molecule has 5 heteroatoms. The number of piperazine rings is 1. The van der Waals surface area contributed by atoms with E-state index in [0.717, 1.165) is 56.5 Å². The lowest BCUT2D eigenvalue weighted by atomic mass is 9.95. The first kappa shape index (κ1) is 14.1. The lowest BCUT2D eigenvalue weighted by molar-refractivity contribution is 0.0670. The van der Waals surface area contributed by atoms with E-state index >= 15 is 0 Å². The van der Waals surface area contributed by atoms with Gasteiger partial charge in [-0.2, -0.15) is 0 Å². The van der Waals surface area contributed by atoms with Gasteiger partial charge in [-0.15, -0.1) is 0 Å². The predicted molar refractivity (Wildman–Crippen MR) is 82.5 cm³/mol. The van der Waals surface area contributed by atoms with E-state index in [1.807, 2.05) is 18.2 Å². The molecule has 2 aliphatic heterocycles. The maximum atomic E-state index is 6.28. The molecule has 1 aromatic rings. The van der Waals surface area contributed by atoms with Crippen LogP contribution in [0.5, 0.6) is 0 Å². The van der Waals surface area contributed by atoms with Gasteiger partial charge in [-0.05, 0) is 18.6 Å². The third kappa shape index (κ3) is 2.53. The van der Waals surface area contributed by atoms with Crippen molar-refractivity contribution in [1.82, 2.24) is 4.90 Å². The summed E-state index contributed by atoms with van der Waals surface area (Å²) in [6.45, 7) is 6.31. The summed E-state index contributed by atoms with van der Waals surface area (Å²) >= 11 is 6.28. The standard InChI is InChI=1S/C15H22ClN3O/c16-13-3-1-2-4-14(13)18-6-8-19(9-7-18)15(11-17)5-10-20-12-15/h1-4H,5-12,17H2. The Labute approximate surface area is 125 Å². The topological polar surface area (TPSA) is 41.7 Å². The van der Waals surface area contributed by atoms with E-state index in [2.05, 4.69) is 15.9 Å². The van der Waals surface area contributed by atoms with Gasteiger partial charge in [-0.25, -0.2) is 0 Å². The average molecular weight is 296 g/mol. The summed E-state index contributed by atoms with van der Waals surface area (Å²) in [6, 6.07) is 8.06. The number of benzene rings is 1. The molecule has 0 aromatic heterocycles. The summed E-state index contributed by atoms with van der Waals surface area (Å²) < 4.78 is 5.58. The molecule has 2 N–H and O–H groups in total. The molecule has 0 amide bonds. The van der Waals surface area contributed by atoms with Crippen molar-refractivity contribution in [2.24, 2.45) is 5.73 Å². The zero-order valence-electron chi connectivity index (χ0n) is 11.7. The summed E-state index contributed by atoms with van der Waals surface area (Å²) in [5, 5.41) is 0.832. The first-order chi connectivity index (χ1) is 9.75. The SMILES string of the molecule is NCC1(N2CCN(c3ccccc3Cl)CC2)CCOC1. The highest BCUT2D eigenvalue weighted by Gasteiger charge is 2.40. The summed E-state index contributed by atoms with van der Waals surface area (Å²) in [5.41, 5.74) is 7.21. The van der Waals surface area contributed by atoms with Crippen LogP contribution in [0.3, 0.4) is 0 Å². The summed E-state index contributed by atoms with van der Waals surface area (Å²) in [4.78, 5) is 4.87. The van der Waals surface area contributed by atoms with Gasteiger partial charge in [0.1, 0.15) is 0 Å². The molecule has 0 spiro atoms. The zero-order chi connectivity index (χ0) is 14.0. The van der Waals surface area contributed by atoms with Crippen LogP contribution in [0.25, 0.3) is 0 Å². The minimum absolute atomic E-state index is 0.0621. The quantitative estimate of drug-likeness (QED) is 0.919. The zero-order valence-corrected chi connectivity index (χ0v) is 12.5. The highest BCUT2D eigenvalue weighted by atomic mass is 35.5. The van der Waals surface area contributed by atoms with Gasteiger partial charge in [0.25, 0.3) is 0 Å². The Morgan fingerprint density at radius 1 is 1.20 bits per heavy atom. The number of rotatable bonds is 3. The van der Waals surface area contributed by atoms with Crippen LogP contribution in [0.4, 0.5) is 5.69 Å². The van der Waals surface area contributed by atoms with E-state index in [1.165, 1.54) is 0 Å². The van der Waals surface area contributed by atoms with E-state index in [4.69, 9.17) is 22.1 Å². The first-order valence-electron chi connectivity index (χ1n) is 7.27. The van der Waals surface area contributed by atoms with Crippen LogP contribution in [0.2, 0.25) is 5.02 Å². The third-order valence-corrected chi connectivity index (χ3v) is 4.93. The second-order valence-electron chi connectivity index (χ2n) is 5.66. The molecule has 4 nitrogen and oxygen atoms in total. The number of anilines is 1. The Morgan fingerprint density at radius 2 is 1.95 bits per heavy atom. The molecule has 1 unspecified atom stereocenters. The van der Waals surface area contributed by atoms with Crippen molar-refractivity contribution in [2.75, 3.05) is 50.8 Å². The highest BCUT2D eigenvalue weighted by molar-refractivity contribution is 6.33.